The molecule has 0 bridgehead atoms. The van der Waals surface area contributed by atoms with Crippen molar-refractivity contribution in [2.24, 2.45) is 5.92 Å². The summed E-state index contributed by atoms with van der Waals surface area (Å²) < 4.78 is 14.0. The zero-order valence-corrected chi connectivity index (χ0v) is 12.5. The van der Waals surface area contributed by atoms with Gasteiger partial charge in [0, 0.05) is 12.6 Å². The SMILES string of the molecule is C[C@@H](NCc1cccc(F)c1Br)C1CCCCC1. The fourth-order valence-electron chi connectivity index (χ4n) is 2.76. The fourth-order valence-corrected chi connectivity index (χ4v) is 3.16. The highest BCUT2D eigenvalue weighted by atomic mass is 79.9. The summed E-state index contributed by atoms with van der Waals surface area (Å²) in [5.74, 6) is 0.603. The Bertz CT molecular complexity index is 388. The third-order valence-corrected chi connectivity index (χ3v) is 4.89. The lowest BCUT2D eigenvalue weighted by atomic mass is 9.84. The summed E-state index contributed by atoms with van der Waals surface area (Å²) in [5, 5.41) is 3.54. The van der Waals surface area contributed by atoms with Gasteiger partial charge in [-0.15, -0.1) is 0 Å². The van der Waals surface area contributed by atoms with E-state index < -0.39 is 0 Å². The summed E-state index contributed by atoms with van der Waals surface area (Å²) in [6.07, 6.45) is 6.77. The minimum atomic E-state index is -0.181. The third kappa shape index (κ3) is 3.55. The molecule has 0 saturated heterocycles. The van der Waals surface area contributed by atoms with Crippen molar-refractivity contribution < 1.29 is 4.39 Å². The molecular weight excluding hydrogens is 293 g/mol. The topological polar surface area (TPSA) is 12.0 Å². The van der Waals surface area contributed by atoms with Gasteiger partial charge < -0.3 is 5.32 Å². The van der Waals surface area contributed by atoms with Gasteiger partial charge in [-0.05, 0) is 53.2 Å². The average Bonchev–Trinajstić information content (AvgIpc) is 2.41. The van der Waals surface area contributed by atoms with Crippen LogP contribution in [0, 0.1) is 11.7 Å². The molecular formula is C15H21BrFN. The van der Waals surface area contributed by atoms with Crippen molar-refractivity contribution in [2.45, 2.75) is 51.6 Å². The normalized spacial score (nSPS) is 18.8. The molecule has 1 aliphatic rings. The van der Waals surface area contributed by atoms with Crippen molar-refractivity contribution in [3.63, 3.8) is 0 Å². The summed E-state index contributed by atoms with van der Waals surface area (Å²) in [7, 11) is 0. The highest BCUT2D eigenvalue weighted by molar-refractivity contribution is 9.10. The van der Waals surface area contributed by atoms with Crippen molar-refractivity contribution >= 4 is 15.9 Å². The maximum absolute atomic E-state index is 13.4. The second-order valence-electron chi connectivity index (χ2n) is 5.28. The second kappa shape index (κ2) is 6.67. The van der Waals surface area contributed by atoms with Gasteiger partial charge in [-0.1, -0.05) is 31.4 Å². The van der Waals surface area contributed by atoms with Crippen LogP contribution in [0.1, 0.15) is 44.6 Å². The van der Waals surface area contributed by atoms with Crippen LogP contribution in [-0.4, -0.2) is 6.04 Å². The molecule has 100 valence electrons. The van der Waals surface area contributed by atoms with E-state index in [1.165, 1.54) is 38.2 Å². The first kappa shape index (κ1) is 14.0. The Morgan fingerprint density at radius 3 is 2.78 bits per heavy atom. The predicted molar refractivity (Wildman–Crippen MR) is 77.0 cm³/mol. The largest absolute Gasteiger partial charge is 0.310 e. The Balaban J connectivity index is 1.88. The summed E-state index contributed by atoms with van der Waals surface area (Å²) in [6, 6.07) is 5.73. The van der Waals surface area contributed by atoms with E-state index in [1.54, 1.807) is 6.07 Å². The number of hydrogen-bond donors (Lipinski definition) is 1. The van der Waals surface area contributed by atoms with Crippen LogP contribution in [-0.2, 0) is 6.54 Å². The van der Waals surface area contributed by atoms with Crippen LogP contribution < -0.4 is 5.32 Å². The predicted octanol–water partition coefficient (Wildman–Crippen LogP) is 4.65. The van der Waals surface area contributed by atoms with Crippen LogP contribution in [0.3, 0.4) is 0 Å². The van der Waals surface area contributed by atoms with Crippen molar-refractivity contribution in [1.29, 1.82) is 0 Å². The minimum Gasteiger partial charge on any atom is -0.310 e. The molecule has 3 heteroatoms. The van der Waals surface area contributed by atoms with Gasteiger partial charge in [0.25, 0.3) is 0 Å². The number of nitrogens with one attached hydrogen (secondary N) is 1. The van der Waals surface area contributed by atoms with Gasteiger partial charge in [-0.3, -0.25) is 0 Å². The first-order chi connectivity index (χ1) is 8.68. The number of rotatable bonds is 4. The van der Waals surface area contributed by atoms with Crippen molar-refractivity contribution in [2.75, 3.05) is 0 Å². The van der Waals surface area contributed by atoms with E-state index in [1.807, 2.05) is 6.07 Å². The van der Waals surface area contributed by atoms with Gasteiger partial charge in [0.1, 0.15) is 5.82 Å². The molecule has 0 aliphatic heterocycles. The molecule has 1 nitrogen and oxygen atoms in total. The molecule has 0 aromatic heterocycles. The summed E-state index contributed by atoms with van der Waals surface area (Å²) >= 11 is 3.31. The van der Waals surface area contributed by atoms with Crippen molar-refractivity contribution in [3.8, 4) is 0 Å². The molecule has 0 radical (unpaired) electrons. The highest BCUT2D eigenvalue weighted by Gasteiger charge is 2.19. The zero-order valence-electron chi connectivity index (χ0n) is 10.9. The van der Waals surface area contributed by atoms with E-state index in [0.717, 1.165) is 18.0 Å². The Hall–Kier alpha value is -0.410. The molecule has 0 spiro atoms. The molecule has 0 amide bonds. The van der Waals surface area contributed by atoms with Gasteiger partial charge in [0.2, 0.25) is 0 Å². The zero-order chi connectivity index (χ0) is 13.0. The molecule has 1 aliphatic carbocycles. The molecule has 0 unspecified atom stereocenters. The monoisotopic (exact) mass is 313 g/mol. The van der Waals surface area contributed by atoms with Gasteiger partial charge in [-0.2, -0.15) is 0 Å². The Morgan fingerprint density at radius 1 is 1.33 bits per heavy atom. The quantitative estimate of drug-likeness (QED) is 0.853. The van der Waals surface area contributed by atoms with Crippen molar-refractivity contribution in [1.82, 2.24) is 5.32 Å². The lowest BCUT2D eigenvalue weighted by Gasteiger charge is -2.28. The summed E-state index contributed by atoms with van der Waals surface area (Å²) in [6.45, 7) is 2.99. The third-order valence-electron chi connectivity index (χ3n) is 4.00. The van der Waals surface area contributed by atoms with Crippen LogP contribution in [0.4, 0.5) is 4.39 Å². The Kier molecular flexibility index (Phi) is 5.19. The average molecular weight is 314 g/mol. The Labute approximate surface area is 117 Å². The summed E-state index contributed by atoms with van der Waals surface area (Å²) in [4.78, 5) is 0. The smallest absolute Gasteiger partial charge is 0.137 e. The molecule has 0 heterocycles. The first-order valence-corrected chi connectivity index (χ1v) is 7.64. The highest BCUT2D eigenvalue weighted by Crippen LogP contribution is 2.27. The molecule has 1 fully saturated rings. The Morgan fingerprint density at radius 2 is 2.06 bits per heavy atom. The second-order valence-corrected chi connectivity index (χ2v) is 6.07. The van der Waals surface area contributed by atoms with E-state index >= 15 is 0 Å². The summed E-state index contributed by atoms with van der Waals surface area (Å²) in [5.41, 5.74) is 0.998. The van der Waals surface area contributed by atoms with E-state index in [0.29, 0.717) is 10.5 Å². The van der Waals surface area contributed by atoms with Crippen LogP contribution in [0.5, 0.6) is 0 Å². The van der Waals surface area contributed by atoms with Gasteiger partial charge >= 0.3 is 0 Å². The van der Waals surface area contributed by atoms with E-state index in [4.69, 9.17) is 0 Å². The van der Waals surface area contributed by atoms with Gasteiger partial charge in [0.15, 0.2) is 0 Å². The van der Waals surface area contributed by atoms with E-state index in [2.05, 4.69) is 28.2 Å². The maximum atomic E-state index is 13.4. The van der Waals surface area contributed by atoms with Crippen LogP contribution >= 0.6 is 15.9 Å². The van der Waals surface area contributed by atoms with Gasteiger partial charge in [0.05, 0.1) is 4.47 Å². The van der Waals surface area contributed by atoms with Crippen LogP contribution in [0.15, 0.2) is 22.7 Å². The molecule has 2 rings (SSSR count). The maximum Gasteiger partial charge on any atom is 0.137 e. The molecule has 1 aromatic carbocycles. The van der Waals surface area contributed by atoms with Crippen LogP contribution in [0.25, 0.3) is 0 Å². The fraction of sp³-hybridized carbons (Fsp3) is 0.600. The first-order valence-electron chi connectivity index (χ1n) is 6.84. The van der Waals surface area contributed by atoms with Crippen LogP contribution in [0.2, 0.25) is 0 Å². The van der Waals surface area contributed by atoms with E-state index in [-0.39, 0.29) is 5.82 Å². The molecule has 1 N–H and O–H groups in total. The number of benzene rings is 1. The minimum absolute atomic E-state index is 0.181. The van der Waals surface area contributed by atoms with Crippen molar-refractivity contribution in [3.05, 3.63) is 34.1 Å². The lowest BCUT2D eigenvalue weighted by molar-refractivity contribution is 0.280. The molecule has 1 saturated carbocycles. The standard InChI is InChI=1S/C15H21BrFN/c1-11(12-6-3-2-4-7-12)18-10-13-8-5-9-14(17)15(13)16/h5,8-9,11-12,18H,2-4,6-7,10H2,1H3/t11-/m1/s1. The molecule has 18 heavy (non-hydrogen) atoms. The lowest BCUT2D eigenvalue weighted by Crippen LogP contribution is -2.34. The number of hydrogen-bond acceptors (Lipinski definition) is 1. The number of halogens is 2. The van der Waals surface area contributed by atoms with Gasteiger partial charge in [-0.25, -0.2) is 4.39 Å². The molecule has 1 aromatic rings. The molecule has 1 atom stereocenters. The van der Waals surface area contributed by atoms with E-state index in [9.17, 15) is 4.39 Å².